The number of nitrogens with zero attached hydrogens (tertiary/aromatic N) is 3. The van der Waals surface area contributed by atoms with Gasteiger partial charge in [-0.05, 0) is 13.8 Å². The van der Waals surface area contributed by atoms with Crippen LogP contribution < -0.4 is 10.5 Å². The molecule has 0 aliphatic carbocycles. The number of carbonyl (C=O) groups is 1. The highest BCUT2D eigenvalue weighted by molar-refractivity contribution is 5.95. The normalized spacial score (nSPS) is 10.3. The summed E-state index contributed by atoms with van der Waals surface area (Å²) in [6, 6.07) is 3.22. The monoisotopic (exact) mass is 276 g/mol. The van der Waals surface area contributed by atoms with Crippen LogP contribution >= 0.6 is 0 Å². The molecule has 0 aromatic carbocycles. The molecule has 0 bridgehead atoms. The number of carbonyl (C=O) groups excluding carboxylic acids is 1. The van der Waals surface area contributed by atoms with Crippen molar-refractivity contribution in [2.24, 2.45) is 7.05 Å². The molecule has 0 amide bonds. The van der Waals surface area contributed by atoms with Crippen molar-refractivity contribution in [2.45, 2.75) is 13.8 Å². The molecular formula is C13H16N4O3. The van der Waals surface area contributed by atoms with E-state index in [0.717, 1.165) is 5.69 Å². The van der Waals surface area contributed by atoms with Crippen molar-refractivity contribution in [2.75, 3.05) is 12.3 Å². The van der Waals surface area contributed by atoms with Gasteiger partial charge in [0.05, 0.1) is 29.7 Å². The smallest absolute Gasteiger partial charge is 0.340 e. The first-order chi connectivity index (χ1) is 9.51. The van der Waals surface area contributed by atoms with Crippen LogP contribution in [0.5, 0.6) is 11.8 Å². The Morgan fingerprint density at radius 1 is 1.45 bits per heavy atom. The van der Waals surface area contributed by atoms with Gasteiger partial charge in [0.15, 0.2) is 0 Å². The maximum Gasteiger partial charge on any atom is 0.340 e. The zero-order valence-corrected chi connectivity index (χ0v) is 11.6. The summed E-state index contributed by atoms with van der Waals surface area (Å²) in [6.45, 7) is 3.86. The standard InChI is InChI=1S/C13H16N4O3/c1-4-19-13(18)9-6-11(15-7-10(9)14)20-12-5-8(2)16-17(12)3/h5-7H,4,14H2,1-3H3. The predicted molar refractivity (Wildman–Crippen MR) is 72.6 cm³/mol. The predicted octanol–water partition coefficient (Wildman–Crippen LogP) is 1.67. The number of ether oxygens (including phenoxy) is 2. The van der Waals surface area contributed by atoms with Crippen molar-refractivity contribution in [3.05, 3.63) is 29.6 Å². The molecule has 0 fully saturated rings. The van der Waals surface area contributed by atoms with Gasteiger partial charge >= 0.3 is 5.97 Å². The third-order valence-electron chi connectivity index (χ3n) is 2.57. The minimum atomic E-state index is -0.501. The van der Waals surface area contributed by atoms with Gasteiger partial charge in [-0.25, -0.2) is 14.5 Å². The zero-order valence-electron chi connectivity index (χ0n) is 11.6. The van der Waals surface area contributed by atoms with Crippen LogP contribution in [0.1, 0.15) is 23.0 Å². The highest BCUT2D eigenvalue weighted by Gasteiger charge is 2.14. The highest BCUT2D eigenvalue weighted by Crippen LogP contribution is 2.23. The fraction of sp³-hybridized carbons (Fsp3) is 0.308. The lowest BCUT2D eigenvalue weighted by atomic mass is 10.2. The van der Waals surface area contributed by atoms with Crippen LogP contribution in [0, 0.1) is 6.92 Å². The lowest BCUT2D eigenvalue weighted by Gasteiger charge is -2.08. The second kappa shape index (κ2) is 5.60. The number of pyridine rings is 1. The van der Waals surface area contributed by atoms with Crippen molar-refractivity contribution in [3.63, 3.8) is 0 Å². The summed E-state index contributed by atoms with van der Waals surface area (Å²) in [7, 11) is 1.76. The van der Waals surface area contributed by atoms with E-state index in [2.05, 4.69) is 10.1 Å². The lowest BCUT2D eigenvalue weighted by Crippen LogP contribution is -2.09. The van der Waals surface area contributed by atoms with Crippen LogP contribution in [0.25, 0.3) is 0 Å². The quantitative estimate of drug-likeness (QED) is 0.854. The number of aryl methyl sites for hydroxylation is 2. The number of esters is 1. The molecule has 2 aromatic heterocycles. The van der Waals surface area contributed by atoms with Crippen LogP contribution in [0.15, 0.2) is 18.3 Å². The van der Waals surface area contributed by atoms with Gasteiger partial charge in [0, 0.05) is 19.2 Å². The Bertz CT molecular complexity index is 637. The first-order valence-corrected chi connectivity index (χ1v) is 6.12. The number of hydrogen-bond donors (Lipinski definition) is 1. The van der Waals surface area contributed by atoms with Gasteiger partial charge in [-0.3, -0.25) is 0 Å². The van der Waals surface area contributed by atoms with Crippen molar-refractivity contribution in [1.82, 2.24) is 14.8 Å². The molecule has 0 atom stereocenters. The molecule has 2 aromatic rings. The molecule has 20 heavy (non-hydrogen) atoms. The number of nitrogen functional groups attached to an aromatic ring is 1. The molecule has 0 saturated heterocycles. The summed E-state index contributed by atoms with van der Waals surface area (Å²) >= 11 is 0. The molecule has 2 heterocycles. The Kier molecular flexibility index (Phi) is 3.88. The van der Waals surface area contributed by atoms with Crippen molar-refractivity contribution >= 4 is 11.7 Å². The minimum Gasteiger partial charge on any atom is -0.462 e. The van der Waals surface area contributed by atoms with Crippen molar-refractivity contribution in [3.8, 4) is 11.8 Å². The van der Waals surface area contributed by atoms with E-state index in [4.69, 9.17) is 15.2 Å². The lowest BCUT2D eigenvalue weighted by molar-refractivity contribution is 0.0527. The van der Waals surface area contributed by atoms with Crippen LogP contribution in [0.3, 0.4) is 0 Å². The van der Waals surface area contributed by atoms with Crippen LogP contribution in [-0.4, -0.2) is 27.3 Å². The molecule has 7 heteroatoms. The van der Waals surface area contributed by atoms with Crippen LogP contribution in [-0.2, 0) is 11.8 Å². The fourth-order valence-electron chi connectivity index (χ4n) is 1.68. The molecule has 0 spiro atoms. The first-order valence-electron chi connectivity index (χ1n) is 6.12. The van der Waals surface area contributed by atoms with Gasteiger partial charge in [0.25, 0.3) is 0 Å². The average molecular weight is 276 g/mol. The van der Waals surface area contributed by atoms with Crippen LogP contribution in [0.4, 0.5) is 5.69 Å². The maximum atomic E-state index is 11.7. The molecule has 0 saturated carbocycles. The maximum absolute atomic E-state index is 11.7. The number of rotatable bonds is 4. The summed E-state index contributed by atoms with van der Waals surface area (Å²) < 4.78 is 12.1. The molecular weight excluding hydrogens is 260 g/mol. The molecule has 106 valence electrons. The molecule has 0 unspecified atom stereocenters. The van der Waals surface area contributed by atoms with E-state index in [0.29, 0.717) is 5.88 Å². The van der Waals surface area contributed by atoms with E-state index in [1.54, 1.807) is 24.7 Å². The Morgan fingerprint density at radius 2 is 2.20 bits per heavy atom. The number of anilines is 1. The van der Waals surface area contributed by atoms with Crippen LogP contribution in [0.2, 0.25) is 0 Å². The summed E-state index contributed by atoms with van der Waals surface area (Å²) in [4.78, 5) is 15.8. The minimum absolute atomic E-state index is 0.232. The third-order valence-corrected chi connectivity index (χ3v) is 2.57. The second-order valence-electron chi connectivity index (χ2n) is 4.18. The number of nitrogens with two attached hydrogens (primary N) is 1. The third kappa shape index (κ3) is 2.87. The van der Waals surface area contributed by atoms with Crippen molar-refractivity contribution in [1.29, 1.82) is 0 Å². The summed E-state index contributed by atoms with van der Waals surface area (Å²) in [5.41, 5.74) is 7.01. The molecule has 0 aliphatic heterocycles. The van der Waals surface area contributed by atoms with Gasteiger partial charge in [-0.1, -0.05) is 0 Å². The second-order valence-corrected chi connectivity index (χ2v) is 4.18. The largest absolute Gasteiger partial charge is 0.462 e. The molecule has 2 N–H and O–H groups in total. The number of aromatic nitrogens is 3. The van der Waals surface area contributed by atoms with Gasteiger partial charge in [-0.15, -0.1) is 0 Å². The van der Waals surface area contributed by atoms with E-state index in [9.17, 15) is 4.79 Å². The summed E-state index contributed by atoms with van der Waals surface area (Å²) in [5.74, 6) is 0.276. The summed E-state index contributed by atoms with van der Waals surface area (Å²) in [6.07, 6.45) is 1.37. The molecule has 7 nitrogen and oxygen atoms in total. The molecule has 0 radical (unpaired) electrons. The van der Waals surface area contributed by atoms with Gasteiger partial charge in [0.1, 0.15) is 0 Å². The number of hydrogen-bond acceptors (Lipinski definition) is 6. The highest BCUT2D eigenvalue weighted by atomic mass is 16.5. The SMILES string of the molecule is CCOC(=O)c1cc(Oc2cc(C)nn2C)ncc1N. The zero-order chi connectivity index (χ0) is 14.7. The van der Waals surface area contributed by atoms with E-state index in [-0.39, 0.29) is 23.7 Å². The van der Waals surface area contributed by atoms with Gasteiger partial charge in [0.2, 0.25) is 11.8 Å². The topological polar surface area (TPSA) is 92.3 Å². The Balaban J connectivity index is 2.27. The van der Waals surface area contributed by atoms with Gasteiger partial charge < -0.3 is 15.2 Å². The fourth-order valence-corrected chi connectivity index (χ4v) is 1.68. The Morgan fingerprint density at radius 3 is 2.80 bits per heavy atom. The van der Waals surface area contributed by atoms with E-state index in [1.165, 1.54) is 12.3 Å². The Hall–Kier alpha value is -2.57. The van der Waals surface area contributed by atoms with E-state index < -0.39 is 5.97 Å². The first kappa shape index (κ1) is 13.9. The summed E-state index contributed by atoms with van der Waals surface area (Å²) in [5, 5.41) is 4.16. The average Bonchev–Trinajstić information content (AvgIpc) is 2.70. The van der Waals surface area contributed by atoms with Gasteiger partial charge in [-0.2, -0.15) is 5.10 Å². The molecule has 0 aliphatic rings. The van der Waals surface area contributed by atoms with E-state index in [1.807, 2.05) is 6.92 Å². The molecule has 2 rings (SSSR count). The Labute approximate surface area is 116 Å². The van der Waals surface area contributed by atoms with E-state index >= 15 is 0 Å². The van der Waals surface area contributed by atoms with Crippen molar-refractivity contribution < 1.29 is 14.3 Å².